The fourth-order valence-electron chi connectivity index (χ4n) is 2.09. The number of hydrogen-bond acceptors (Lipinski definition) is 2. The minimum atomic E-state index is 0.685. The van der Waals surface area contributed by atoms with E-state index < -0.39 is 0 Å². The Morgan fingerprint density at radius 2 is 1.86 bits per heavy atom. The molecule has 2 heteroatoms. The minimum Gasteiger partial charge on any atom is -0.251 e. The van der Waals surface area contributed by atoms with Crippen LogP contribution in [0.3, 0.4) is 0 Å². The van der Waals surface area contributed by atoms with Crippen LogP contribution in [0.4, 0.5) is 0 Å². The summed E-state index contributed by atoms with van der Waals surface area (Å²) in [6.07, 6.45) is 6.27. The molecule has 1 rings (SSSR count). The monoisotopic (exact) mass is 196 g/mol. The molecule has 0 saturated carbocycles. The summed E-state index contributed by atoms with van der Waals surface area (Å²) in [6, 6.07) is 1.37. The highest BCUT2D eigenvalue weighted by Gasteiger charge is 2.23. The molecule has 0 aromatic heterocycles. The third kappa shape index (κ3) is 3.43. The summed E-state index contributed by atoms with van der Waals surface area (Å²) in [5.74, 6) is 0. The maximum Gasteiger partial charge on any atom is 0.0285 e. The molecule has 1 aliphatic rings. The zero-order chi connectivity index (χ0) is 10.6. The first kappa shape index (κ1) is 11.7. The highest BCUT2D eigenvalue weighted by Crippen LogP contribution is 2.19. The predicted molar refractivity (Wildman–Crippen MR) is 62.0 cm³/mol. The highest BCUT2D eigenvalue weighted by atomic mass is 15.5. The van der Waals surface area contributed by atoms with E-state index in [1.54, 1.807) is 0 Å². The summed E-state index contributed by atoms with van der Waals surface area (Å²) in [4.78, 5) is 0. The highest BCUT2D eigenvalue weighted by molar-refractivity contribution is 4.94. The van der Waals surface area contributed by atoms with Gasteiger partial charge in [0.25, 0.3) is 0 Å². The molecule has 1 saturated heterocycles. The molecule has 0 spiro atoms. The Hall–Kier alpha value is -0.340. The van der Waals surface area contributed by atoms with E-state index in [-0.39, 0.29) is 0 Å². The van der Waals surface area contributed by atoms with Crippen molar-refractivity contribution in [3.8, 4) is 0 Å². The van der Waals surface area contributed by atoms with Crippen LogP contribution in [0.1, 0.15) is 47.0 Å². The van der Waals surface area contributed by atoms with Crippen molar-refractivity contribution in [1.82, 2.24) is 10.4 Å². The van der Waals surface area contributed by atoms with Crippen LogP contribution in [-0.4, -0.2) is 23.6 Å². The second kappa shape index (κ2) is 5.52. The molecule has 2 atom stereocenters. The fraction of sp³-hybridized carbons (Fsp3) is 0.833. The first-order chi connectivity index (χ1) is 6.61. The van der Waals surface area contributed by atoms with Crippen LogP contribution in [0, 0.1) is 0 Å². The molecule has 0 aromatic carbocycles. The molecule has 1 N–H and O–H groups in total. The number of hydrazine groups is 1. The van der Waals surface area contributed by atoms with Crippen LogP contribution >= 0.6 is 0 Å². The predicted octanol–water partition coefficient (Wildman–Crippen LogP) is 2.72. The molecule has 0 radical (unpaired) electrons. The van der Waals surface area contributed by atoms with Crippen LogP contribution in [-0.2, 0) is 0 Å². The first-order valence-electron chi connectivity index (χ1n) is 5.76. The molecule has 0 aromatic rings. The van der Waals surface area contributed by atoms with Gasteiger partial charge in [0.1, 0.15) is 0 Å². The van der Waals surface area contributed by atoms with Gasteiger partial charge in [-0.2, -0.15) is 0 Å². The van der Waals surface area contributed by atoms with Crippen LogP contribution in [0.25, 0.3) is 0 Å². The Morgan fingerprint density at radius 3 is 2.36 bits per heavy atom. The van der Waals surface area contributed by atoms with Crippen molar-refractivity contribution in [2.45, 2.75) is 59.0 Å². The van der Waals surface area contributed by atoms with Gasteiger partial charge < -0.3 is 0 Å². The van der Waals surface area contributed by atoms with Crippen molar-refractivity contribution in [2.75, 3.05) is 6.54 Å². The molecule has 2 nitrogen and oxygen atoms in total. The minimum absolute atomic E-state index is 0.685. The molecule has 14 heavy (non-hydrogen) atoms. The zero-order valence-electron chi connectivity index (χ0n) is 10.0. The summed E-state index contributed by atoms with van der Waals surface area (Å²) in [5.41, 5.74) is 4.89. The van der Waals surface area contributed by atoms with Crippen LogP contribution < -0.4 is 5.43 Å². The van der Waals surface area contributed by atoms with Crippen molar-refractivity contribution < 1.29 is 0 Å². The Morgan fingerprint density at radius 1 is 1.29 bits per heavy atom. The third-order valence-corrected chi connectivity index (χ3v) is 2.98. The van der Waals surface area contributed by atoms with Gasteiger partial charge in [0.15, 0.2) is 0 Å². The van der Waals surface area contributed by atoms with Gasteiger partial charge in [0.05, 0.1) is 0 Å². The normalized spacial score (nSPS) is 28.9. The van der Waals surface area contributed by atoms with Gasteiger partial charge in [-0.05, 0) is 40.5 Å². The molecule has 82 valence electrons. The average Bonchev–Trinajstić information content (AvgIpc) is 2.09. The smallest absolute Gasteiger partial charge is 0.0285 e. The lowest BCUT2D eigenvalue weighted by Crippen LogP contribution is -2.52. The van der Waals surface area contributed by atoms with Crippen molar-refractivity contribution >= 4 is 0 Å². The first-order valence-corrected chi connectivity index (χ1v) is 5.76. The molecule has 0 amide bonds. The Kier molecular flexibility index (Phi) is 4.63. The number of nitrogens with one attached hydrogen (secondary N) is 1. The van der Waals surface area contributed by atoms with E-state index in [2.05, 4.69) is 44.2 Å². The topological polar surface area (TPSA) is 15.3 Å². The van der Waals surface area contributed by atoms with Gasteiger partial charge in [0.2, 0.25) is 0 Å². The van der Waals surface area contributed by atoms with Gasteiger partial charge >= 0.3 is 0 Å². The van der Waals surface area contributed by atoms with Crippen molar-refractivity contribution in [3.05, 3.63) is 11.6 Å². The van der Waals surface area contributed by atoms with Crippen molar-refractivity contribution in [2.24, 2.45) is 0 Å². The van der Waals surface area contributed by atoms with Gasteiger partial charge in [0, 0.05) is 18.6 Å². The van der Waals surface area contributed by atoms with Crippen molar-refractivity contribution in [3.63, 3.8) is 0 Å². The molecule has 1 aliphatic heterocycles. The molecule has 1 heterocycles. The molecule has 2 unspecified atom stereocenters. The lowest BCUT2D eigenvalue weighted by atomic mass is 10.00. The number of hydrogen-bond donors (Lipinski definition) is 1. The van der Waals surface area contributed by atoms with Gasteiger partial charge in [-0.1, -0.05) is 18.1 Å². The average molecular weight is 196 g/mol. The van der Waals surface area contributed by atoms with E-state index in [9.17, 15) is 0 Å². The second-order valence-electron chi connectivity index (χ2n) is 4.68. The lowest BCUT2D eigenvalue weighted by Gasteiger charge is -2.38. The summed E-state index contributed by atoms with van der Waals surface area (Å²) >= 11 is 0. The largest absolute Gasteiger partial charge is 0.251 e. The Labute approximate surface area is 88.3 Å². The van der Waals surface area contributed by atoms with E-state index in [4.69, 9.17) is 0 Å². The quantitative estimate of drug-likeness (QED) is 0.698. The fourth-order valence-corrected chi connectivity index (χ4v) is 2.09. The SMILES string of the molecule is CC(C)=CCNN1C(C)CCCC1C. The van der Waals surface area contributed by atoms with E-state index in [1.807, 2.05) is 0 Å². The molecule has 0 aliphatic carbocycles. The molecular weight excluding hydrogens is 172 g/mol. The molecule has 0 bridgehead atoms. The number of piperidine rings is 1. The van der Waals surface area contributed by atoms with Crippen molar-refractivity contribution in [1.29, 1.82) is 0 Å². The zero-order valence-corrected chi connectivity index (χ0v) is 10.0. The standard InChI is InChI=1S/C12H24N2/c1-10(2)8-9-13-14-11(3)6-5-7-12(14)4/h8,11-13H,5-7,9H2,1-4H3. The number of rotatable bonds is 3. The summed E-state index contributed by atoms with van der Waals surface area (Å²) < 4.78 is 0. The van der Waals surface area contributed by atoms with Gasteiger partial charge in [-0.15, -0.1) is 0 Å². The van der Waals surface area contributed by atoms with Gasteiger partial charge in [-0.3, -0.25) is 5.43 Å². The van der Waals surface area contributed by atoms with Gasteiger partial charge in [-0.25, -0.2) is 5.01 Å². The summed E-state index contributed by atoms with van der Waals surface area (Å²) in [7, 11) is 0. The number of nitrogens with zero attached hydrogens (tertiary/aromatic N) is 1. The summed E-state index contributed by atoms with van der Waals surface area (Å²) in [5, 5.41) is 2.42. The molecular formula is C12H24N2. The maximum atomic E-state index is 3.51. The molecule has 1 fully saturated rings. The number of allylic oxidation sites excluding steroid dienone is 1. The maximum absolute atomic E-state index is 3.51. The van der Waals surface area contributed by atoms with E-state index in [0.717, 1.165) is 6.54 Å². The second-order valence-corrected chi connectivity index (χ2v) is 4.68. The van der Waals surface area contributed by atoms with E-state index >= 15 is 0 Å². The van der Waals surface area contributed by atoms with E-state index in [0.29, 0.717) is 12.1 Å². The van der Waals surface area contributed by atoms with E-state index in [1.165, 1.54) is 24.8 Å². The third-order valence-electron chi connectivity index (χ3n) is 2.98. The lowest BCUT2D eigenvalue weighted by molar-refractivity contribution is 0.0512. The summed E-state index contributed by atoms with van der Waals surface area (Å²) in [6.45, 7) is 9.88. The Balaban J connectivity index is 2.36. The van der Waals surface area contributed by atoms with Crippen LogP contribution in [0.15, 0.2) is 11.6 Å². The van der Waals surface area contributed by atoms with Crippen LogP contribution in [0.5, 0.6) is 0 Å². The van der Waals surface area contributed by atoms with Crippen LogP contribution in [0.2, 0.25) is 0 Å². The Bertz CT molecular complexity index is 184.